The number of rotatable bonds is 13. The van der Waals surface area contributed by atoms with Gasteiger partial charge in [0.2, 0.25) is 5.91 Å². The number of carbonyl (C=O) groups is 2. The summed E-state index contributed by atoms with van der Waals surface area (Å²) in [6.45, 7) is 3.01. The Hall–Kier alpha value is -2.35. The van der Waals surface area contributed by atoms with Gasteiger partial charge in [-0.3, -0.25) is 4.79 Å². The number of nitrogens with two attached hydrogens (primary N) is 1. The second kappa shape index (κ2) is 14.0. The van der Waals surface area contributed by atoms with Crippen molar-refractivity contribution in [3.63, 3.8) is 0 Å². The van der Waals surface area contributed by atoms with Gasteiger partial charge in [-0.2, -0.15) is 0 Å². The van der Waals surface area contributed by atoms with Crippen LogP contribution in [0.5, 0.6) is 0 Å². The van der Waals surface area contributed by atoms with Gasteiger partial charge in [-0.1, -0.05) is 24.2 Å². The van der Waals surface area contributed by atoms with Crippen molar-refractivity contribution in [2.24, 2.45) is 5.73 Å². The molecule has 0 radical (unpaired) electrons. The molecule has 0 aliphatic rings. The van der Waals surface area contributed by atoms with E-state index in [4.69, 9.17) is 35.0 Å². The molecule has 0 aromatic heterocycles. The van der Waals surface area contributed by atoms with Crippen LogP contribution < -0.4 is 16.0 Å². The van der Waals surface area contributed by atoms with Crippen LogP contribution in [0.2, 0.25) is 0 Å². The monoisotopic (exact) mass is 498 g/mol. The summed E-state index contributed by atoms with van der Waals surface area (Å²) in [6.07, 6.45) is 0.245. The van der Waals surface area contributed by atoms with Gasteiger partial charge in [0.05, 0.1) is 14.0 Å². The van der Waals surface area contributed by atoms with E-state index in [1.165, 1.54) is 12.1 Å². The number of anilines is 1. The smallest absolute Gasteiger partial charge is 0.328 e. The lowest BCUT2D eigenvalue weighted by molar-refractivity contribution is -0.147. The zero-order chi connectivity index (χ0) is 25.1. The maximum atomic E-state index is 13.2. The standard InChI is InChI=1S/C24H30Cl2FN3O3/c1-2-33-24(32)22(16-18-3-7-19(27)8-4-18)29-23(31)21(28)15-17-5-9-20(10-6-17)30(13-11-25)14-12-26/h3-10,21-22H,2,11-16,28H2,1H3,(H,29,31)/i5D. The van der Waals surface area contributed by atoms with Gasteiger partial charge in [-0.05, 0) is 48.7 Å². The molecule has 0 saturated carbocycles. The Morgan fingerprint density at radius 3 is 2.30 bits per heavy atom. The lowest BCUT2D eigenvalue weighted by atomic mass is 10.0. The number of alkyl halides is 2. The molecule has 1 amide bonds. The van der Waals surface area contributed by atoms with Crippen LogP contribution in [-0.2, 0) is 27.2 Å². The molecule has 2 atom stereocenters. The number of hydrogen-bond acceptors (Lipinski definition) is 5. The summed E-state index contributed by atoms with van der Waals surface area (Å²) in [4.78, 5) is 27.1. The number of hydrogen-bond donors (Lipinski definition) is 2. The summed E-state index contributed by atoms with van der Waals surface area (Å²) < 4.78 is 26.6. The molecule has 0 saturated heterocycles. The van der Waals surface area contributed by atoms with Crippen LogP contribution in [0.25, 0.3) is 0 Å². The van der Waals surface area contributed by atoms with Crippen molar-refractivity contribution in [2.75, 3.05) is 36.4 Å². The first-order valence-corrected chi connectivity index (χ1v) is 11.8. The van der Waals surface area contributed by atoms with Gasteiger partial charge in [-0.15, -0.1) is 23.2 Å². The highest BCUT2D eigenvalue weighted by molar-refractivity contribution is 6.18. The van der Waals surface area contributed by atoms with Crippen LogP contribution in [0.15, 0.2) is 48.5 Å². The van der Waals surface area contributed by atoms with E-state index < -0.39 is 29.8 Å². The van der Waals surface area contributed by atoms with E-state index in [1.54, 1.807) is 31.2 Å². The number of nitrogens with zero attached hydrogens (tertiary/aromatic N) is 1. The van der Waals surface area contributed by atoms with E-state index in [9.17, 15) is 14.0 Å². The molecule has 2 aromatic rings. The predicted octanol–water partition coefficient (Wildman–Crippen LogP) is 3.27. The van der Waals surface area contributed by atoms with Gasteiger partial charge in [0.25, 0.3) is 0 Å². The summed E-state index contributed by atoms with van der Waals surface area (Å²) in [5, 5.41) is 2.64. The fourth-order valence-corrected chi connectivity index (χ4v) is 3.66. The molecule has 0 bridgehead atoms. The first kappa shape index (κ1) is 25.3. The lowest BCUT2D eigenvalue weighted by Crippen LogP contribution is -2.50. The molecule has 2 unspecified atom stereocenters. The molecule has 2 aromatic carbocycles. The molecule has 0 heterocycles. The minimum atomic E-state index is -0.984. The first-order valence-electron chi connectivity index (χ1n) is 11.2. The molecular formula is C24H30Cl2FN3O3. The van der Waals surface area contributed by atoms with E-state index in [0.717, 1.165) is 5.69 Å². The highest BCUT2D eigenvalue weighted by atomic mass is 35.5. The van der Waals surface area contributed by atoms with Crippen molar-refractivity contribution in [1.82, 2.24) is 5.32 Å². The van der Waals surface area contributed by atoms with E-state index in [1.807, 2.05) is 11.0 Å². The van der Waals surface area contributed by atoms with Crippen molar-refractivity contribution >= 4 is 40.8 Å². The molecular weight excluding hydrogens is 468 g/mol. The summed E-state index contributed by atoms with van der Waals surface area (Å²) in [5.74, 6) is -0.688. The third kappa shape index (κ3) is 8.84. The van der Waals surface area contributed by atoms with E-state index >= 15 is 0 Å². The molecule has 6 nitrogen and oxygen atoms in total. The Morgan fingerprint density at radius 2 is 1.73 bits per heavy atom. The van der Waals surface area contributed by atoms with Gasteiger partial charge in [0.1, 0.15) is 11.9 Å². The Bertz CT molecular complexity index is 944. The van der Waals surface area contributed by atoms with Gasteiger partial charge in [-0.25, -0.2) is 9.18 Å². The Balaban J connectivity index is 2.08. The highest BCUT2D eigenvalue weighted by Crippen LogP contribution is 2.16. The van der Waals surface area contributed by atoms with Crippen LogP contribution in [0.1, 0.15) is 19.4 Å². The fraction of sp³-hybridized carbons (Fsp3) is 0.417. The summed E-state index contributed by atoms with van der Waals surface area (Å²) in [6, 6.07) is 9.21. The number of benzene rings is 2. The topological polar surface area (TPSA) is 84.7 Å². The molecule has 33 heavy (non-hydrogen) atoms. The minimum absolute atomic E-state index is 0.113. The molecule has 180 valence electrons. The van der Waals surface area contributed by atoms with E-state index in [-0.39, 0.29) is 25.5 Å². The first-order chi connectivity index (χ1) is 16.3. The average molecular weight is 499 g/mol. The molecule has 3 N–H and O–H groups in total. The van der Waals surface area contributed by atoms with Crippen LogP contribution in [0.3, 0.4) is 0 Å². The molecule has 2 rings (SSSR count). The maximum absolute atomic E-state index is 13.2. The largest absolute Gasteiger partial charge is 0.464 e. The Kier molecular flexibility index (Phi) is 10.7. The maximum Gasteiger partial charge on any atom is 0.328 e. The number of halogens is 3. The predicted molar refractivity (Wildman–Crippen MR) is 130 cm³/mol. The summed E-state index contributed by atoms with van der Waals surface area (Å²) >= 11 is 11.7. The molecule has 9 heteroatoms. The van der Waals surface area contributed by atoms with E-state index in [0.29, 0.717) is 36.0 Å². The number of nitrogens with one attached hydrogen (secondary N) is 1. The Labute approximate surface area is 205 Å². The second-order valence-electron chi connectivity index (χ2n) is 7.39. The lowest BCUT2D eigenvalue weighted by Gasteiger charge is -2.23. The van der Waals surface area contributed by atoms with Gasteiger partial charge in [0, 0.05) is 37.0 Å². The van der Waals surface area contributed by atoms with Crippen molar-refractivity contribution in [3.8, 4) is 0 Å². The van der Waals surface area contributed by atoms with Crippen LogP contribution in [-0.4, -0.2) is 55.4 Å². The molecule has 0 aliphatic heterocycles. The van der Waals surface area contributed by atoms with Gasteiger partial charge >= 0.3 is 5.97 Å². The third-order valence-corrected chi connectivity index (χ3v) is 5.29. The zero-order valence-electron chi connectivity index (χ0n) is 19.5. The SMILES string of the molecule is [2H]c1cc(N(CCCl)CCCl)ccc1CC(N)C(=O)NC(Cc1ccc(F)cc1)C(=O)OCC. The van der Waals surface area contributed by atoms with Crippen LogP contribution in [0.4, 0.5) is 10.1 Å². The summed E-state index contributed by atoms with van der Waals surface area (Å²) in [5.41, 5.74) is 8.17. The number of amides is 1. The normalized spacial score (nSPS) is 13.1. The highest BCUT2D eigenvalue weighted by Gasteiger charge is 2.25. The van der Waals surface area contributed by atoms with Crippen molar-refractivity contribution in [3.05, 3.63) is 65.5 Å². The van der Waals surface area contributed by atoms with Gasteiger partial charge < -0.3 is 20.7 Å². The zero-order valence-corrected chi connectivity index (χ0v) is 20.0. The minimum Gasteiger partial charge on any atom is -0.464 e. The Morgan fingerprint density at radius 1 is 1.09 bits per heavy atom. The van der Waals surface area contributed by atoms with E-state index in [2.05, 4.69) is 5.32 Å². The van der Waals surface area contributed by atoms with Crippen LogP contribution >= 0.6 is 23.2 Å². The summed E-state index contributed by atoms with van der Waals surface area (Å²) in [7, 11) is 0. The quantitative estimate of drug-likeness (QED) is 0.327. The average Bonchev–Trinajstić information content (AvgIpc) is 2.81. The molecule has 0 fully saturated rings. The number of ether oxygens (including phenoxy) is 1. The second-order valence-corrected chi connectivity index (χ2v) is 8.15. The van der Waals surface area contributed by atoms with Gasteiger partial charge in [0.15, 0.2) is 0 Å². The molecule has 0 aliphatic carbocycles. The number of carbonyl (C=O) groups excluding carboxylic acids is 2. The third-order valence-electron chi connectivity index (χ3n) is 4.95. The van der Waals surface area contributed by atoms with Crippen molar-refractivity contribution in [2.45, 2.75) is 31.8 Å². The van der Waals surface area contributed by atoms with Crippen molar-refractivity contribution in [1.29, 1.82) is 0 Å². The number of esters is 1. The molecule has 0 spiro atoms. The fourth-order valence-electron chi connectivity index (χ4n) is 3.25. The van der Waals surface area contributed by atoms with Crippen LogP contribution in [0, 0.1) is 5.82 Å². The van der Waals surface area contributed by atoms with Crippen molar-refractivity contribution < 1.29 is 20.1 Å².